The number of likely N-dealkylation sites (N-methyl/N-ethyl adjacent to an activating group) is 1. The Morgan fingerprint density at radius 2 is 2.11 bits per heavy atom. The summed E-state index contributed by atoms with van der Waals surface area (Å²) < 4.78 is 44.2. The number of nitrogen functional groups attached to an aromatic ring is 1. The Morgan fingerprint density at radius 3 is 2.58 bits per heavy atom. The van der Waals surface area contributed by atoms with E-state index >= 15 is 0 Å². The van der Waals surface area contributed by atoms with Gasteiger partial charge in [-0.25, -0.2) is 12.8 Å². The summed E-state index contributed by atoms with van der Waals surface area (Å²) in [5.41, 5.74) is 5.23. The van der Waals surface area contributed by atoms with Gasteiger partial charge in [-0.1, -0.05) is 6.92 Å². The van der Waals surface area contributed by atoms with Crippen LogP contribution in [0.4, 0.5) is 10.1 Å². The monoisotopic (exact) mass is 290 g/mol. The second-order valence-electron chi connectivity index (χ2n) is 4.20. The van der Waals surface area contributed by atoms with Gasteiger partial charge in [-0.15, -0.1) is 0 Å². The van der Waals surface area contributed by atoms with E-state index in [1.165, 1.54) is 17.5 Å². The lowest BCUT2D eigenvalue weighted by Crippen LogP contribution is -2.40. The van der Waals surface area contributed by atoms with Crippen molar-refractivity contribution in [3.8, 4) is 0 Å². The first-order valence-electron chi connectivity index (χ1n) is 5.90. The number of ether oxygens (including phenoxy) is 1. The lowest BCUT2D eigenvalue weighted by Gasteiger charge is -2.26. The number of benzene rings is 1. The normalized spacial score (nSPS) is 13.7. The fourth-order valence-corrected chi connectivity index (χ4v) is 3.52. The SMILES string of the molecule is CCN(C(C)COC)S(=O)(=O)c1ccc(F)c(N)c1. The number of methoxy groups -OCH3 is 1. The van der Waals surface area contributed by atoms with Crippen LogP contribution in [0, 0.1) is 5.82 Å². The highest BCUT2D eigenvalue weighted by Crippen LogP contribution is 2.22. The van der Waals surface area contributed by atoms with Crippen molar-refractivity contribution in [2.75, 3.05) is 26.0 Å². The third-order valence-corrected chi connectivity index (χ3v) is 4.87. The molecule has 0 saturated carbocycles. The van der Waals surface area contributed by atoms with Gasteiger partial charge in [0.1, 0.15) is 5.82 Å². The van der Waals surface area contributed by atoms with Crippen molar-refractivity contribution in [2.45, 2.75) is 24.8 Å². The summed E-state index contributed by atoms with van der Waals surface area (Å²) in [5, 5.41) is 0. The number of halogens is 1. The summed E-state index contributed by atoms with van der Waals surface area (Å²) in [6, 6.07) is 3.08. The van der Waals surface area contributed by atoms with Gasteiger partial charge in [0.05, 0.1) is 17.2 Å². The first-order chi connectivity index (χ1) is 8.84. The second kappa shape index (κ2) is 6.31. The Balaban J connectivity index is 3.16. The van der Waals surface area contributed by atoms with E-state index < -0.39 is 15.8 Å². The van der Waals surface area contributed by atoms with Crippen LogP contribution in [-0.4, -0.2) is 39.0 Å². The molecule has 1 unspecified atom stereocenters. The van der Waals surface area contributed by atoms with Crippen LogP contribution in [0.1, 0.15) is 13.8 Å². The minimum absolute atomic E-state index is 0.0174. The third kappa shape index (κ3) is 3.43. The number of nitrogens with zero attached hydrogens (tertiary/aromatic N) is 1. The molecule has 19 heavy (non-hydrogen) atoms. The third-order valence-electron chi connectivity index (χ3n) is 2.79. The molecule has 5 nitrogen and oxygen atoms in total. The van der Waals surface area contributed by atoms with Crippen LogP contribution in [-0.2, 0) is 14.8 Å². The molecular formula is C12H19FN2O3S. The van der Waals surface area contributed by atoms with E-state index in [1.807, 2.05) is 0 Å². The number of nitrogens with two attached hydrogens (primary N) is 1. The van der Waals surface area contributed by atoms with Gasteiger partial charge in [-0.2, -0.15) is 4.31 Å². The van der Waals surface area contributed by atoms with E-state index in [4.69, 9.17) is 10.5 Å². The Bertz CT molecular complexity index is 534. The highest BCUT2D eigenvalue weighted by atomic mass is 32.2. The number of rotatable bonds is 6. The van der Waals surface area contributed by atoms with Crippen LogP contribution in [0.3, 0.4) is 0 Å². The van der Waals surface area contributed by atoms with Gasteiger partial charge in [0.25, 0.3) is 0 Å². The molecule has 0 aromatic heterocycles. The largest absolute Gasteiger partial charge is 0.396 e. The maximum absolute atomic E-state index is 13.1. The molecule has 108 valence electrons. The van der Waals surface area contributed by atoms with Crippen LogP contribution in [0.2, 0.25) is 0 Å². The summed E-state index contributed by atoms with van der Waals surface area (Å²) in [7, 11) is -2.20. The first kappa shape index (κ1) is 15.9. The lowest BCUT2D eigenvalue weighted by atomic mass is 10.3. The summed E-state index contributed by atoms with van der Waals surface area (Å²) in [5.74, 6) is -0.632. The predicted molar refractivity (Wildman–Crippen MR) is 71.7 cm³/mol. The van der Waals surface area contributed by atoms with E-state index in [-0.39, 0.29) is 23.2 Å². The highest BCUT2D eigenvalue weighted by molar-refractivity contribution is 7.89. The van der Waals surface area contributed by atoms with E-state index in [9.17, 15) is 12.8 Å². The molecular weight excluding hydrogens is 271 g/mol. The molecule has 1 rings (SSSR count). The zero-order valence-electron chi connectivity index (χ0n) is 11.3. The van der Waals surface area contributed by atoms with Crippen molar-refractivity contribution in [1.82, 2.24) is 4.31 Å². The summed E-state index contributed by atoms with van der Waals surface area (Å²) in [6.07, 6.45) is 0. The predicted octanol–water partition coefficient (Wildman–Crippen LogP) is 1.45. The molecule has 0 radical (unpaired) electrons. The molecule has 0 fully saturated rings. The Labute approximate surface area is 113 Å². The van der Waals surface area contributed by atoms with E-state index in [2.05, 4.69) is 0 Å². The quantitative estimate of drug-likeness (QED) is 0.805. The number of sulfonamides is 1. The number of hydrogen-bond donors (Lipinski definition) is 1. The van der Waals surface area contributed by atoms with Crippen molar-refractivity contribution in [3.05, 3.63) is 24.0 Å². The van der Waals surface area contributed by atoms with Gasteiger partial charge >= 0.3 is 0 Å². The summed E-state index contributed by atoms with van der Waals surface area (Å²) in [6.45, 7) is 4.06. The van der Waals surface area contributed by atoms with Crippen LogP contribution >= 0.6 is 0 Å². The Morgan fingerprint density at radius 1 is 1.47 bits per heavy atom. The smallest absolute Gasteiger partial charge is 0.243 e. The van der Waals surface area contributed by atoms with E-state index in [1.54, 1.807) is 13.8 Å². The first-order valence-corrected chi connectivity index (χ1v) is 7.34. The zero-order valence-corrected chi connectivity index (χ0v) is 12.1. The number of hydrogen-bond acceptors (Lipinski definition) is 4. The topological polar surface area (TPSA) is 72.6 Å². The maximum atomic E-state index is 13.1. The van der Waals surface area contributed by atoms with E-state index in [0.717, 1.165) is 12.1 Å². The fourth-order valence-electron chi connectivity index (χ4n) is 1.86. The molecule has 0 amide bonds. The molecule has 0 aliphatic heterocycles. The van der Waals surface area contributed by atoms with Crippen molar-refractivity contribution in [1.29, 1.82) is 0 Å². The summed E-state index contributed by atoms with van der Waals surface area (Å²) in [4.78, 5) is -0.0174. The molecule has 0 aliphatic rings. The Kier molecular flexibility index (Phi) is 5.28. The standard InChI is InChI=1S/C12H19FN2O3S/c1-4-15(9(2)8-18-3)19(16,17)10-5-6-11(13)12(14)7-10/h5-7,9H,4,8,14H2,1-3H3. The molecule has 0 spiro atoms. The molecule has 0 heterocycles. The van der Waals surface area contributed by atoms with Gasteiger partial charge in [0, 0.05) is 19.7 Å². The Hall–Kier alpha value is -1.18. The molecule has 0 aliphatic carbocycles. The maximum Gasteiger partial charge on any atom is 0.243 e. The van der Waals surface area contributed by atoms with Gasteiger partial charge in [0.15, 0.2) is 0 Å². The lowest BCUT2D eigenvalue weighted by molar-refractivity contribution is 0.142. The van der Waals surface area contributed by atoms with Crippen molar-refractivity contribution >= 4 is 15.7 Å². The second-order valence-corrected chi connectivity index (χ2v) is 6.09. The van der Waals surface area contributed by atoms with Crippen molar-refractivity contribution < 1.29 is 17.5 Å². The molecule has 0 bridgehead atoms. The van der Waals surface area contributed by atoms with Crippen molar-refractivity contribution in [2.24, 2.45) is 0 Å². The average molecular weight is 290 g/mol. The fraction of sp³-hybridized carbons (Fsp3) is 0.500. The van der Waals surface area contributed by atoms with Gasteiger partial charge < -0.3 is 10.5 Å². The molecule has 2 N–H and O–H groups in total. The van der Waals surface area contributed by atoms with Gasteiger partial charge in [-0.05, 0) is 25.1 Å². The van der Waals surface area contributed by atoms with Crippen LogP contribution in [0.5, 0.6) is 0 Å². The minimum Gasteiger partial charge on any atom is -0.396 e. The van der Waals surface area contributed by atoms with Crippen LogP contribution < -0.4 is 5.73 Å². The van der Waals surface area contributed by atoms with Crippen LogP contribution in [0.25, 0.3) is 0 Å². The van der Waals surface area contributed by atoms with Gasteiger partial charge in [-0.3, -0.25) is 0 Å². The number of anilines is 1. The molecule has 7 heteroatoms. The highest BCUT2D eigenvalue weighted by Gasteiger charge is 2.28. The molecule has 1 aromatic carbocycles. The average Bonchev–Trinajstić information content (AvgIpc) is 2.33. The zero-order chi connectivity index (χ0) is 14.6. The van der Waals surface area contributed by atoms with Crippen LogP contribution in [0.15, 0.2) is 23.1 Å². The molecule has 1 aromatic rings. The minimum atomic E-state index is -3.71. The van der Waals surface area contributed by atoms with E-state index in [0.29, 0.717) is 6.54 Å². The molecule has 0 saturated heterocycles. The molecule has 1 atom stereocenters. The summed E-state index contributed by atoms with van der Waals surface area (Å²) >= 11 is 0. The van der Waals surface area contributed by atoms with Gasteiger partial charge in [0.2, 0.25) is 10.0 Å². The van der Waals surface area contributed by atoms with Crippen molar-refractivity contribution in [3.63, 3.8) is 0 Å².